The van der Waals surface area contributed by atoms with Crippen LogP contribution < -0.4 is 4.74 Å². The van der Waals surface area contributed by atoms with E-state index in [1.165, 1.54) is 0 Å². The molecular weight excluding hydrogens is 314 g/mol. The van der Waals surface area contributed by atoms with Crippen LogP contribution in [0.3, 0.4) is 0 Å². The number of carbonyl (C=O) groups excluding carboxylic acids is 1. The van der Waals surface area contributed by atoms with Gasteiger partial charge in [0, 0.05) is 6.21 Å². The van der Waals surface area contributed by atoms with E-state index in [1.54, 1.807) is 30.3 Å². The number of hydrogen-bond donors (Lipinski definition) is 0. The maximum absolute atomic E-state index is 13.7. The zero-order valence-corrected chi connectivity index (χ0v) is 11.7. The van der Waals surface area contributed by atoms with Crippen molar-refractivity contribution in [2.75, 3.05) is 0 Å². The number of rotatable bonds is 5. The average Bonchev–Trinajstić information content (AvgIpc) is 2.51. The molecule has 0 aliphatic rings. The summed E-state index contributed by atoms with van der Waals surface area (Å²) in [5.74, 6) is -3.92. The van der Waals surface area contributed by atoms with Crippen molar-refractivity contribution in [1.29, 1.82) is 0 Å². The smallest absolute Gasteiger partial charge is 0.387 e. The van der Waals surface area contributed by atoms with Gasteiger partial charge in [-0.1, -0.05) is 30.3 Å². The molecule has 0 radical (unpaired) electrons. The molecule has 0 spiro atoms. The maximum atomic E-state index is 13.7. The van der Waals surface area contributed by atoms with Crippen molar-refractivity contribution >= 4 is 12.1 Å². The molecule has 3 nitrogen and oxygen atoms in total. The number of amides is 1. The first-order valence-electron chi connectivity index (χ1n) is 6.51. The van der Waals surface area contributed by atoms with Gasteiger partial charge in [-0.15, -0.1) is 0 Å². The summed E-state index contributed by atoms with van der Waals surface area (Å²) in [5.41, 5.74) is 0.0325. The summed E-state index contributed by atoms with van der Waals surface area (Å²) in [7, 11) is 0. The molecule has 1 amide bonds. The molecule has 120 valence electrons. The molecule has 0 N–H and O–H groups in total. The number of halogens is 4. The Morgan fingerprint density at radius 1 is 1.13 bits per heavy atom. The van der Waals surface area contributed by atoms with E-state index in [1.807, 2.05) is 0 Å². The summed E-state index contributed by atoms with van der Waals surface area (Å²) in [6.45, 7) is -3.22. The first-order valence-corrected chi connectivity index (χ1v) is 6.51. The van der Waals surface area contributed by atoms with E-state index in [4.69, 9.17) is 0 Å². The van der Waals surface area contributed by atoms with E-state index in [-0.39, 0.29) is 6.42 Å². The highest BCUT2D eigenvalue weighted by molar-refractivity contribution is 5.94. The number of aliphatic imine (C=N–C) groups is 1. The van der Waals surface area contributed by atoms with Gasteiger partial charge < -0.3 is 4.74 Å². The molecule has 2 aromatic carbocycles. The van der Waals surface area contributed by atoms with Gasteiger partial charge >= 0.3 is 6.61 Å². The fraction of sp³-hybridized carbons (Fsp3) is 0.125. The Balaban J connectivity index is 2.20. The molecule has 0 heterocycles. The third-order valence-electron chi connectivity index (χ3n) is 2.84. The van der Waals surface area contributed by atoms with E-state index in [0.717, 1.165) is 6.07 Å². The number of alkyl halides is 2. The summed E-state index contributed by atoms with van der Waals surface area (Å²) < 4.78 is 55.5. The minimum atomic E-state index is -3.22. The third-order valence-corrected chi connectivity index (χ3v) is 2.84. The lowest BCUT2D eigenvalue weighted by Gasteiger charge is -2.08. The van der Waals surface area contributed by atoms with E-state index >= 15 is 0 Å². The van der Waals surface area contributed by atoms with Crippen LogP contribution in [-0.4, -0.2) is 18.7 Å². The topological polar surface area (TPSA) is 38.7 Å². The lowest BCUT2D eigenvalue weighted by molar-refractivity contribution is -0.117. The quantitative estimate of drug-likeness (QED) is 0.620. The summed E-state index contributed by atoms with van der Waals surface area (Å²) >= 11 is 0. The molecule has 0 saturated carbocycles. The molecule has 0 atom stereocenters. The second-order valence-corrected chi connectivity index (χ2v) is 4.47. The van der Waals surface area contributed by atoms with Crippen LogP contribution in [0.2, 0.25) is 0 Å². The van der Waals surface area contributed by atoms with Gasteiger partial charge in [-0.05, 0) is 17.7 Å². The predicted octanol–water partition coefficient (Wildman–Crippen LogP) is 3.75. The molecule has 0 saturated heterocycles. The number of benzene rings is 2. The van der Waals surface area contributed by atoms with Crippen LogP contribution in [0.1, 0.15) is 11.1 Å². The van der Waals surface area contributed by atoms with Crippen molar-refractivity contribution in [1.82, 2.24) is 0 Å². The Bertz CT molecular complexity index is 718. The van der Waals surface area contributed by atoms with Crippen LogP contribution in [0.25, 0.3) is 0 Å². The maximum Gasteiger partial charge on any atom is 0.387 e. The predicted molar refractivity (Wildman–Crippen MR) is 75.7 cm³/mol. The van der Waals surface area contributed by atoms with Crippen LogP contribution in [0.5, 0.6) is 5.75 Å². The van der Waals surface area contributed by atoms with E-state index in [9.17, 15) is 22.4 Å². The van der Waals surface area contributed by atoms with Crippen molar-refractivity contribution in [3.05, 3.63) is 65.2 Å². The zero-order chi connectivity index (χ0) is 16.8. The van der Waals surface area contributed by atoms with Crippen LogP contribution in [-0.2, 0) is 11.2 Å². The number of carbonyl (C=O) groups is 1. The van der Waals surface area contributed by atoms with Gasteiger partial charge in [0.05, 0.1) is 12.0 Å². The molecule has 0 fully saturated rings. The Morgan fingerprint density at radius 2 is 1.83 bits per heavy atom. The second kappa shape index (κ2) is 7.53. The molecule has 0 aliphatic carbocycles. The van der Waals surface area contributed by atoms with Crippen LogP contribution in [0, 0.1) is 11.6 Å². The molecule has 0 aromatic heterocycles. The normalized spacial score (nSPS) is 11.2. The second-order valence-electron chi connectivity index (χ2n) is 4.47. The number of ether oxygens (including phenoxy) is 1. The van der Waals surface area contributed by atoms with Crippen molar-refractivity contribution < 1.29 is 27.1 Å². The average molecular weight is 325 g/mol. The summed E-state index contributed by atoms with van der Waals surface area (Å²) in [6.07, 6.45) is 0.626. The van der Waals surface area contributed by atoms with Gasteiger partial charge in [0.1, 0.15) is 5.75 Å². The largest absolute Gasteiger partial charge is 0.434 e. The standard InChI is InChI=1S/C16H11F4NO2/c17-12-6-7-13(23-16(19)20)11(15(12)18)9-21-14(22)8-10-4-2-1-3-5-10/h1-7,9,16H,8H2/b21-9-. The van der Waals surface area contributed by atoms with E-state index in [0.29, 0.717) is 17.8 Å². The Labute approximate surface area is 129 Å². The van der Waals surface area contributed by atoms with Crippen molar-refractivity contribution in [3.63, 3.8) is 0 Å². The zero-order valence-electron chi connectivity index (χ0n) is 11.7. The van der Waals surface area contributed by atoms with Crippen LogP contribution in [0.15, 0.2) is 47.5 Å². The van der Waals surface area contributed by atoms with Crippen molar-refractivity contribution in [3.8, 4) is 5.75 Å². The van der Waals surface area contributed by atoms with Crippen LogP contribution >= 0.6 is 0 Å². The SMILES string of the molecule is O=C(Cc1ccccc1)/N=C\c1c(OC(F)F)ccc(F)c1F. The molecule has 0 bridgehead atoms. The van der Waals surface area contributed by atoms with Crippen molar-refractivity contribution in [2.45, 2.75) is 13.0 Å². The molecular formula is C16H11F4NO2. The minimum Gasteiger partial charge on any atom is -0.434 e. The first-order chi connectivity index (χ1) is 11.0. The van der Waals surface area contributed by atoms with Gasteiger partial charge in [-0.3, -0.25) is 4.79 Å². The Morgan fingerprint density at radius 3 is 2.48 bits per heavy atom. The molecule has 2 rings (SSSR count). The molecule has 0 unspecified atom stereocenters. The fourth-order valence-electron chi connectivity index (χ4n) is 1.82. The molecule has 7 heteroatoms. The molecule has 0 aliphatic heterocycles. The highest BCUT2D eigenvalue weighted by Crippen LogP contribution is 2.24. The third kappa shape index (κ3) is 4.64. The first kappa shape index (κ1) is 16.7. The highest BCUT2D eigenvalue weighted by atomic mass is 19.3. The van der Waals surface area contributed by atoms with Gasteiger partial charge in [0.2, 0.25) is 5.91 Å². The minimum absolute atomic E-state index is 0.0562. The van der Waals surface area contributed by atoms with Crippen molar-refractivity contribution in [2.24, 2.45) is 4.99 Å². The number of nitrogens with zero attached hydrogens (tertiary/aromatic N) is 1. The van der Waals surface area contributed by atoms with E-state index < -0.39 is 35.5 Å². The lowest BCUT2D eigenvalue weighted by Crippen LogP contribution is -2.07. The fourth-order valence-corrected chi connectivity index (χ4v) is 1.82. The van der Waals surface area contributed by atoms with Crippen LogP contribution in [0.4, 0.5) is 17.6 Å². The Kier molecular flexibility index (Phi) is 5.46. The lowest BCUT2D eigenvalue weighted by atomic mass is 10.1. The summed E-state index contributed by atoms with van der Waals surface area (Å²) in [4.78, 5) is 15.2. The van der Waals surface area contributed by atoms with Gasteiger partial charge in [0.25, 0.3) is 0 Å². The Hall–Kier alpha value is -2.70. The molecule has 23 heavy (non-hydrogen) atoms. The van der Waals surface area contributed by atoms with Gasteiger partial charge in [-0.25, -0.2) is 13.8 Å². The summed E-state index contributed by atoms with van der Waals surface area (Å²) in [6, 6.07) is 10.1. The molecule has 2 aromatic rings. The highest BCUT2D eigenvalue weighted by Gasteiger charge is 2.16. The van der Waals surface area contributed by atoms with E-state index in [2.05, 4.69) is 9.73 Å². The number of hydrogen-bond acceptors (Lipinski definition) is 2. The van der Waals surface area contributed by atoms with Gasteiger partial charge in [0.15, 0.2) is 11.6 Å². The summed E-state index contributed by atoms with van der Waals surface area (Å²) in [5, 5.41) is 0. The van der Waals surface area contributed by atoms with Gasteiger partial charge in [-0.2, -0.15) is 8.78 Å². The monoisotopic (exact) mass is 325 g/mol.